The second-order valence-corrected chi connectivity index (χ2v) is 5.45. The summed E-state index contributed by atoms with van der Waals surface area (Å²) in [4.78, 5) is 11.9. The second-order valence-electron chi connectivity index (χ2n) is 5.45. The number of hydrogen-bond acceptors (Lipinski definition) is 7. The third-order valence-corrected chi connectivity index (χ3v) is 3.88. The van der Waals surface area contributed by atoms with Crippen LogP contribution < -0.4 is 9.47 Å². The average molecular weight is 366 g/mol. The predicted molar refractivity (Wildman–Crippen MR) is 97.4 cm³/mol. The van der Waals surface area contributed by atoms with Gasteiger partial charge < -0.3 is 28.8 Å². The van der Waals surface area contributed by atoms with Crippen LogP contribution in [0.5, 0.6) is 17.2 Å². The quantitative estimate of drug-likeness (QED) is 0.387. The molecule has 0 fully saturated rings. The number of aromatic hydroxyl groups is 1. The van der Waals surface area contributed by atoms with E-state index >= 15 is 0 Å². The van der Waals surface area contributed by atoms with Gasteiger partial charge in [-0.1, -0.05) is 24.3 Å². The second kappa shape index (κ2) is 9.84. The van der Waals surface area contributed by atoms with Gasteiger partial charge in [0.2, 0.25) is 0 Å². The van der Waals surface area contributed by atoms with E-state index in [1.807, 2.05) is 0 Å². The highest BCUT2D eigenvalue weighted by atomic mass is 16.7. The van der Waals surface area contributed by atoms with Crippen molar-refractivity contribution >= 4 is 12.0 Å². The summed E-state index contributed by atoms with van der Waals surface area (Å²) in [6, 6.07) is 3.17. The molecule has 1 N–H and O–H groups in total. The smallest absolute Gasteiger partial charge is 0.366 e. The number of phenols is 1. The summed E-state index contributed by atoms with van der Waals surface area (Å²) in [5.41, 5.74) is 1.20. The Morgan fingerprint density at radius 2 is 1.81 bits per heavy atom. The summed E-state index contributed by atoms with van der Waals surface area (Å²) in [7, 11) is 7.00. The van der Waals surface area contributed by atoms with Crippen LogP contribution in [-0.2, 0) is 19.0 Å². The number of benzene rings is 1. The third kappa shape index (κ3) is 5.00. The van der Waals surface area contributed by atoms with Gasteiger partial charge in [0.15, 0.2) is 0 Å². The molecule has 144 valence electrons. The van der Waals surface area contributed by atoms with E-state index in [2.05, 4.69) is 6.58 Å². The molecule has 1 rings (SSSR count). The highest BCUT2D eigenvalue weighted by Crippen LogP contribution is 2.34. The zero-order chi connectivity index (χ0) is 19.7. The zero-order valence-electron chi connectivity index (χ0n) is 15.8. The molecule has 0 saturated heterocycles. The van der Waals surface area contributed by atoms with Crippen molar-refractivity contribution in [2.24, 2.45) is 0 Å². The van der Waals surface area contributed by atoms with Crippen LogP contribution in [0.25, 0.3) is 6.08 Å². The minimum absolute atomic E-state index is 0.0285. The Labute approximate surface area is 153 Å². The van der Waals surface area contributed by atoms with Gasteiger partial charge in [-0.05, 0) is 6.42 Å². The number of esters is 1. The first-order valence-corrected chi connectivity index (χ1v) is 7.84. The lowest BCUT2D eigenvalue weighted by Crippen LogP contribution is -2.44. The maximum Gasteiger partial charge on any atom is 0.366 e. The Morgan fingerprint density at radius 3 is 2.31 bits per heavy atom. The Hall–Kier alpha value is -2.51. The molecule has 0 spiro atoms. The molecule has 0 bridgehead atoms. The van der Waals surface area contributed by atoms with Gasteiger partial charge in [-0.25, -0.2) is 4.79 Å². The summed E-state index contributed by atoms with van der Waals surface area (Å²) < 4.78 is 25.5. The molecule has 0 aliphatic heterocycles. The average Bonchev–Trinajstić information content (AvgIpc) is 2.66. The van der Waals surface area contributed by atoms with E-state index in [9.17, 15) is 9.90 Å². The van der Waals surface area contributed by atoms with Crippen molar-refractivity contribution in [2.45, 2.75) is 18.6 Å². The fourth-order valence-electron chi connectivity index (χ4n) is 2.41. The Kier molecular flexibility index (Phi) is 8.15. The highest BCUT2D eigenvalue weighted by molar-refractivity contribution is 5.78. The Bertz CT molecular complexity index is 660. The van der Waals surface area contributed by atoms with Crippen molar-refractivity contribution in [2.75, 3.05) is 35.5 Å². The lowest BCUT2D eigenvalue weighted by Gasteiger charge is -2.28. The largest absolute Gasteiger partial charge is 0.507 e. The summed E-state index contributed by atoms with van der Waals surface area (Å²) in [6.45, 7) is 3.94. The number of hydrogen-bond donors (Lipinski definition) is 1. The fraction of sp³-hybridized carbons (Fsp3) is 0.421. The summed E-state index contributed by atoms with van der Waals surface area (Å²) in [5, 5.41) is 10.1. The van der Waals surface area contributed by atoms with Crippen LogP contribution in [0, 0.1) is 0 Å². The fourth-order valence-corrected chi connectivity index (χ4v) is 2.41. The maximum atomic E-state index is 11.9. The van der Waals surface area contributed by atoms with Crippen molar-refractivity contribution in [3.8, 4) is 17.2 Å². The van der Waals surface area contributed by atoms with Gasteiger partial charge in [-0.2, -0.15) is 0 Å². The number of ether oxygens (including phenoxy) is 5. The van der Waals surface area contributed by atoms with E-state index in [-0.39, 0.29) is 12.2 Å². The Morgan fingerprint density at radius 1 is 1.15 bits per heavy atom. The lowest BCUT2D eigenvalue weighted by molar-refractivity contribution is -0.227. The number of carbonyl (C=O) groups excluding carboxylic acids is 1. The summed E-state index contributed by atoms with van der Waals surface area (Å²) >= 11 is 0. The molecule has 7 nitrogen and oxygen atoms in total. The number of rotatable bonds is 10. The third-order valence-electron chi connectivity index (χ3n) is 3.88. The molecule has 0 aromatic heterocycles. The molecule has 0 unspecified atom stereocenters. The van der Waals surface area contributed by atoms with Gasteiger partial charge >= 0.3 is 5.97 Å². The van der Waals surface area contributed by atoms with Crippen molar-refractivity contribution in [3.63, 3.8) is 0 Å². The van der Waals surface area contributed by atoms with Crippen LogP contribution in [0.1, 0.15) is 18.4 Å². The molecular formula is C19H26O7. The molecular weight excluding hydrogens is 340 g/mol. The first-order chi connectivity index (χ1) is 12.4. The van der Waals surface area contributed by atoms with E-state index in [0.717, 1.165) is 0 Å². The van der Waals surface area contributed by atoms with Gasteiger partial charge in [0, 0.05) is 32.8 Å². The first-order valence-electron chi connectivity index (χ1n) is 7.84. The number of phenolic OH excluding ortho intramolecular Hbond substituents is 1. The maximum absolute atomic E-state index is 11.9. The van der Waals surface area contributed by atoms with E-state index < -0.39 is 11.8 Å². The van der Waals surface area contributed by atoms with Crippen LogP contribution in [0.4, 0.5) is 0 Å². The van der Waals surface area contributed by atoms with Crippen LogP contribution in [0.3, 0.4) is 0 Å². The van der Waals surface area contributed by atoms with Crippen LogP contribution in [-0.4, -0.2) is 52.4 Å². The van der Waals surface area contributed by atoms with Crippen molar-refractivity contribution in [1.29, 1.82) is 0 Å². The normalized spacial score (nSPS) is 11.4. The van der Waals surface area contributed by atoms with Gasteiger partial charge in [-0.3, -0.25) is 0 Å². The molecule has 0 amide bonds. The van der Waals surface area contributed by atoms with Gasteiger partial charge in [-0.15, -0.1) is 0 Å². The highest BCUT2D eigenvalue weighted by Gasteiger charge is 2.40. The SMILES string of the molecule is C=C(C/C=C/c1c(O)cc(OC)cc1OC)CC(OC)(OC)C(=O)OC. The standard InChI is InChI=1S/C19H26O7/c1-13(12-19(25-5,26-6)18(21)24-4)8-7-9-15-16(20)10-14(22-2)11-17(15)23-3/h7,9-11,20H,1,8,12H2,2-6H3/b9-7+. The topological polar surface area (TPSA) is 83.5 Å². The molecule has 0 atom stereocenters. The molecule has 0 saturated carbocycles. The number of allylic oxidation sites excluding steroid dienone is 1. The minimum atomic E-state index is -1.53. The predicted octanol–water partition coefficient (Wildman–Crippen LogP) is 2.92. The van der Waals surface area contributed by atoms with Crippen molar-refractivity contribution < 1.29 is 33.6 Å². The van der Waals surface area contributed by atoms with Crippen LogP contribution in [0.2, 0.25) is 0 Å². The zero-order valence-corrected chi connectivity index (χ0v) is 15.8. The summed E-state index contributed by atoms with van der Waals surface area (Å²) in [6.07, 6.45) is 4.06. The Balaban J connectivity index is 2.89. The van der Waals surface area contributed by atoms with Crippen LogP contribution >= 0.6 is 0 Å². The molecule has 0 aliphatic carbocycles. The molecule has 0 heterocycles. The molecule has 1 aromatic rings. The molecule has 26 heavy (non-hydrogen) atoms. The molecule has 0 aliphatic rings. The van der Waals surface area contributed by atoms with E-state index in [1.54, 1.807) is 18.2 Å². The van der Waals surface area contributed by atoms with Gasteiger partial charge in [0.05, 0.1) is 26.9 Å². The summed E-state index contributed by atoms with van der Waals surface area (Å²) in [5.74, 6) is -1.17. The lowest BCUT2D eigenvalue weighted by atomic mass is 10.0. The number of methoxy groups -OCH3 is 5. The monoisotopic (exact) mass is 366 g/mol. The van der Waals surface area contributed by atoms with Crippen LogP contribution in [0.15, 0.2) is 30.4 Å². The van der Waals surface area contributed by atoms with E-state index in [1.165, 1.54) is 41.6 Å². The molecule has 1 aromatic carbocycles. The van der Waals surface area contributed by atoms with E-state index in [4.69, 9.17) is 23.7 Å². The number of carbonyl (C=O) groups is 1. The van der Waals surface area contributed by atoms with Crippen molar-refractivity contribution in [3.05, 3.63) is 35.9 Å². The minimum Gasteiger partial charge on any atom is -0.507 e. The van der Waals surface area contributed by atoms with Crippen molar-refractivity contribution in [1.82, 2.24) is 0 Å². The van der Waals surface area contributed by atoms with Gasteiger partial charge in [0.25, 0.3) is 5.79 Å². The van der Waals surface area contributed by atoms with Gasteiger partial charge in [0.1, 0.15) is 17.2 Å². The molecule has 7 heteroatoms. The molecule has 0 radical (unpaired) electrons. The first kappa shape index (κ1) is 21.5. The van der Waals surface area contributed by atoms with E-state index in [0.29, 0.717) is 29.1 Å².